The van der Waals surface area contributed by atoms with Gasteiger partial charge in [0.25, 0.3) is 5.91 Å². The van der Waals surface area contributed by atoms with Crippen LogP contribution in [0.5, 0.6) is 0 Å². The van der Waals surface area contributed by atoms with Crippen molar-refractivity contribution in [3.63, 3.8) is 0 Å². The lowest BCUT2D eigenvalue weighted by Crippen LogP contribution is -2.29. The molecule has 2 aromatic rings. The molecular weight excluding hydrogens is 270 g/mol. The molecule has 0 saturated heterocycles. The number of rotatable bonds is 4. The van der Waals surface area contributed by atoms with Crippen LogP contribution in [-0.2, 0) is 0 Å². The van der Waals surface area contributed by atoms with Crippen molar-refractivity contribution >= 4 is 28.8 Å². The molecule has 0 radical (unpaired) electrons. The van der Waals surface area contributed by atoms with Gasteiger partial charge in [-0.2, -0.15) is 0 Å². The molecule has 18 heavy (non-hydrogen) atoms. The lowest BCUT2D eigenvalue weighted by molar-refractivity contribution is 0.0951. The molecule has 3 N–H and O–H groups in total. The molecule has 1 heterocycles. The molecule has 1 aromatic heterocycles. The summed E-state index contributed by atoms with van der Waals surface area (Å²) >= 11 is 7.36. The number of hydrogen-bond acceptors (Lipinski definition) is 4. The lowest BCUT2D eigenvalue weighted by atomic mass is 10.1. The highest BCUT2D eigenvalue weighted by atomic mass is 35.5. The van der Waals surface area contributed by atoms with E-state index < -0.39 is 0 Å². The van der Waals surface area contributed by atoms with Crippen LogP contribution in [0.25, 0.3) is 10.4 Å². The van der Waals surface area contributed by atoms with Crippen LogP contribution < -0.4 is 11.1 Å². The van der Waals surface area contributed by atoms with Gasteiger partial charge >= 0.3 is 0 Å². The zero-order chi connectivity index (χ0) is 13.0. The average Bonchev–Trinajstić information content (AvgIpc) is 2.85. The zero-order valence-corrected chi connectivity index (χ0v) is 11.1. The number of benzene rings is 1. The van der Waals surface area contributed by atoms with Crippen LogP contribution in [0.2, 0.25) is 5.02 Å². The number of carbonyl (C=O) groups is 1. The van der Waals surface area contributed by atoms with Gasteiger partial charge in [-0.05, 0) is 17.7 Å². The van der Waals surface area contributed by atoms with Gasteiger partial charge in [0.2, 0.25) is 0 Å². The fraction of sp³-hybridized carbons (Fsp3) is 0.167. The van der Waals surface area contributed by atoms with Gasteiger partial charge in [-0.15, -0.1) is 11.3 Å². The first-order valence-electron chi connectivity index (χ1n) is 5.40. The molecule has 6 heteroatoms. The molecule has 0 bridgehead atoms. The van der Waals surface area contributed by atoms with E-state index in [1.54, 1.807) is 11.6 Å². The largest absolute Gasteiger partial charge is 0.349 e. The molecule has 0 aliphatic heterocycles. The SMILES string of the molecule is NCCNC(=O)c1ncsc1-c1cccc(Cl)c1. The van der Waals surface area contributed by atoms with E-state index in [4.69, 9.17) is 17.3 Å². The normalized spacial score (nSPS) is 10.3. The fourth-order valence-corrected chi connectivity index (χ4v) is 2.49. The van der Waals surface area contributed by atoms with Crippen molar-refractivity contribution in [3.05, 3.63) is 40.5 Å². The number of carbonyl (C=O) groups excluding carboxylic acids is 1. The van der Waals surface area contributed by atoms with Gasteiger partial charge in [0.1, 0.15) is 5.69 Å². The molecule has 0 aliphatic rings. The summed E-state index contributed by atoms with van der Waals surface area (Å²) in [5.41, 5.74) is 8.30. The first-order chi connectivity index (χ1) is 8.72. The van der Waals surface area contributed by atoms with Gasteiger partial charge in [0.15, 0.2) is 0 Å². The molecule has 2 rings (SSSR count). The molecule has 0 unspecified atom stereocenters. The first kappa shape index (κ1) is 13.0. The van der Waals surface area contributed by atoms with E-state index in [1.165, 1.54) is 11.3 Å². The van der Waals surface area contributed by atoms with E-state index in [0.717, 1.165) is 10.4 Å². The van der Waals surface area contributed by atoms with E-state index in [9.17, 15) is 4.79 Å². The van der Waals surface area contributed by atoms with Crippen LogP contribution in [0, 0.1) is 0 Å². The summed E-state index contributed by atoms with van der Waals surface area (Å²) in [6.45, 7) is 0.841. The number of nitrogens with one attached hydrogen (secondary N) is 1. The Balaban J connectivity index is 2.30. The van der Waals surface area contributed by atoms with E-state index in [0.29, 0.717) is 23.8 Å². The van der Waals surface area contributed by atoms with Gasteiger partial charge in [-0.1, -0.05) is 23.7 Å². The molecule has 4 nitrogen and oxygen atoms in total. The number of nitrogens with two attached hydrogens (primary N) is 1. The molecule has 0 atom stereocenters. The second-order valence-electron chi connectivity index (χ2n) is 3.59. The maximum atomic E-state index is 11.9. The number of amides is 1. The van der Waals surface area contributed by atoms with Gasteiger partial charge in [-0.25, -0.2) is 4.98 Å². The average molecular weight is 282 g/mol. The highest BCUT2D eigenvalue weighted by molar-refractivity contribution is 7.13. The third-order valence-electron chi connectivity index (χ3n) is 2.30. The van der Waals surface area contributed by atoms with Gasteiger partial charge in [0, 0.05) is 18.1 Å². The third-order valence-corrected chi connectivity index (χ3v) is 3.41. The van der Waals surface area contributed by atoms with Crippen molar-refractivity contribution in [1.29, 1.82) is 0 Å². The first-order valence-corrected chi connectivity index (χ1v) is 6.66. The number of hydrogen-bond donors (Lipinski definition) is 2. The molecule has 0 spiro atoms. The summed E-state index contributed by atoms with van der Waals surface area (Å²) in [6, 6.07) is 7.35. The minimum absolute atomic E-state index is 0.211. The second-order valence-corrected chi connectivity index (χ2v) is 4.88. The van der Waals surface area contributed by atoms with Crippen LogP contribution in [0.3, 0.4) is 0 Å². The van der Waals surface area contributed by atoms with Crippen molar-refractivity contribution < 1.29 is 4.79 Å². The second kappa shape index (κ2) is 5.95. The lowest BCUT2D eigenvalue weighted by Gasteiger charge is -2.04. The fourth-order valence-electron chi connectivity index (χ4n) is 1.51. The molecule has 1 aromatic carbocycles. The van der Waals surface area contributed by atoms with Crippen LogP contribution in [-0.4, -0.2) is 24.0 Å². The highest BCUT2D eigenvalue weighted by Gasteiger charge is 2.15. The van der Waals surface area contributed by atoms with Crippen LogP contribution in [0.15, 0.2) is 29.8 Å². The van der Waals surface area contributed by atoms with Crippen molar-refractivity contribution in [3.8, 4) is 10.4 Å². The number of thiazole rings is 1. The van der Waals surface area contributed by atoms with Crippen LogP contribution >= 0.6 is 22.9 Å². The van der Waals surface area contributed by atoms with Gasteiger partial charge < -0.3 is 11.1 Å². The van der Waals surface area contributed by atoms with E-state index in [1.807, 2.05) is 18.2 Å². The molecule has 0 fully saturated rings. The number of nitrogens with zero attached hydrogens (tertiary/aromatic N) is 1. The van der Waals surface area contributed by atoms with Crippen molar-refractivity contribution in [2.75, 3.05) is 13.1 Å². The van der Waals surface area contributed by atoms with Crippen LogP contribution in [0.4, 0.5) is 0 Å². The van der Waals surface area contributed by atoms with Crippen molar-refractivity contribution in [2.24, 2.45) is 5.73 Å². The van der Waals surface area contributed by atoms with E-state index >= 15 is 0 Å². The van der Waals surface area contributed by atoms with Crippen LogP contribution in [0.1, 0.15) is 10.5 Å². The molecular formula is C12H12ClN3OS. The van der Waals surface area contributed by atoms with Gasteiger partial charge in [0.05, 0.1) is 10.4 Å². The summed E-state index contributed by atoms with van der Waals surface area (Å²) in [6.07, 6.45) is 0. The summed E-state index contributed by atoms with van der Waals surface area (Å²) in [5, 5.41) is 3.34. The minimum atomic E-state index is -0.211. The summed E-state index contributed by atoms with van der Waals surface area (Å²) in [4.78, 5) is 16.8. The maximum Gasteiger partial charge on any atom is 0.271 e. The van der Waals surface area contributed by atoms with Gasteiger partial charge in [-0.3, -0.25) is 4.79 Å². The van der Waals surface area contributed by atoms with Crippen molar-refractivity contribution in [1.82, 2.24) is 10.3 Å². The topological polar surface area (TPSA) is 68.0 Å². The third kappa shape index (κ3) is 2.87. The predicted molar refractivity (Wildman–Crippen MR) is 73.9 cm³/mol. The molecule has 1 amide bonds. The molecule has 0 aliphatic carbocycles. The Morgan fingerprint density at radius 2 is 2.33 bits per heavy atom. The Kier molecular flexibility index (Phi) is 4.30. The number of aromatic nitrogens is 1. The molecule has 0 saturated carbocycles. The number of halogens is 1. The van der Waals surface area contributed by atoms with E-state index in [2.05, 4.69) is 10.3 Å². The Hall–Kier alpha value is -1.43. The summed E-state index contributed by atoms with van der Waals surface area (Å²) < 4.78 is 0. The zero-order valence-electron chi connectivity index (χ0n) is 9.52. The monoisotopic (exact) mass is 281 g/mol. The quantitative estimate of drug-likeness (QED) is 0.902. The summed E-state index contributed by atoms with van der Waals surface area (Å²) in [5.74, 6) is -0.211. The van der Waals surface area contributed by atoms with E-state index in [-0.39, 0.29) is 5.91 Å². The molecule has 94 valence electrons. The standard InChI is InChI=1S/C12H12ClN3OS/c13-9-3-1-2-8(6-9)11-10(16-7-18-11)12(17)15-5-4-14/h1-3,6-7H,4-5,14H2,(H,15,17). The maximum absolute atomic E-state index is 11.9. The Bertz CT molecular complexity index is 556. The Morgan fingerprint density at radius 3 is 3.06 bits per heavy atom. The minimum Gasteiger partial charge on any atom is -0.349 e. The summed E-state index contributed by atoms with van der Waals surface area (Å²) in [7, 11) is 0. The smallest absolute Gasteiger partial charge is 0.271 e. The highest BCUT2D eigenvalue weighted by Crippen LogP contribution is 2.29. The predicted octanol–water partition coefficient (Wildman–Crippen LogP) is 2.15. The Morgan fingerprint density at radius 1 is 1.50 bits per heavy atom. The van der Waals surface area contributed by atoms with Crippen molar-refractivity contribution in [2.45, 2.75) is 0 Å². The Labute approximate surface area is 114 Å².